The van der Waals surface area contributed by atoms with Gasteiger partial charge in [-0.25, -0.2) is 0 Å². The highest BCUT2D eigenvalue weighted by Crippen LogP contribution is 2.31. The number of rotatable bonds is 6. The normalized spacial score (nSPS) is 18.2. The molecule has 0 atom stereocenters. The maximum absolute atomic E-state index is 13.0. The van der Waals surface area contributed by atoms with Crippen LogP contribution >= 0.6 is 0 Å². The summed E-state index contributed by atoms with van der Waals surface area (Å²) in [6.45, 7) is 3.21. The average molecular weight is 263 g/mol. The molecule has 0 bridgehead atoms. The maximum atomic E-state index is 13.0. The van der Waals surface area contributed by atoms with Gasteiger partial charge in [0.15, 0.2) is 0 Å². The van der Waals surface area contributed by atoms with E-state index in [1.807, 2.05) is 0 Å². The molecule has 18 heavy (non-hydrogen) atoms. The van der Waals surface area contributed by atoms with E-state index in [9.17, 15) is 13.2 Å². The number of halogens is 3. The van der Waals surface area contributed by atoms with Gasteiger partial charge in [-0.05, 0) is 32.1 Å². The van der Waals surface area contributed by atoms with Crippen LogP contribution in [0.4, 0.5) is 13.2 Å². The third-order valence-electron chi connectivity index (χ3n) is 3.38. The second-order valence-corrected chi connectivity index (χ2v) is 4.98. The zero-order valence-electron chi connectivity index (χ0n) is 11.2. The summed E-state index contributed by atoms with van der Waals surface area (Å²) in [5.74, 6) is 0. The number of unbranched alkanes of at least 4 members (excludes halogenated alkanes) is 4. The third-order valence-corrected chi connectivity index (χ3v) is 3.38. The zero-order valence-corrected chi connectivity index (χ0v) is 11.2. The van der Waals surface area contributed by atoms with E-state index < -0.39 is 11.9 Å². The molecule has 106 valence electrons. The van der Waals surface area contributed by atoms with Gasteiger partial charge >= 0.3 is 6.18 Å². The molecule has 4 heteroatoms. The van der Waals surface area contributed by atoms with Crippen LogP contribution in [0.5, 0.6) is 0 Å². The number of allylic oxidation sites excluding steroid dienone is 2. The molecule has 0 aromatic carbocycles. The molecule has 1 fully saturated rings. The average Bonchev–Trinajstić information content (AvgIpc) is 2.33. The lowest BCUT2D eigenvalue weighted by Gasteiger charge is -2.32. The summed E-state index contributed by atoms with van der Waals surface area (Å²) in [4.78, 5) is 1.52. The minimum Gasteiger partial charge on any atom is -0.368 e. The zero-order chi connectivity index (χ0) is 13.4. The predicted octanol–water partition coefficient (Wildman–Crippen LogP) is 4.89. The Labute approximate surface area is 108 Å². The molecule has 1 aliphatic heterocycles. The van der Waals surface area contributed by atoms with Gasteiger partial charge in [0, 0.05) is 13.1 Å². The largest absolute Gasteiger partial charge is 0.430 e. The highest BCUT2D eigenvalue weighted by atomic mass is 19.4. The number of hydrogen-bond acceptors (Lipinski definition) is 1. The van der Waals surface area contributed by atoms with E-state index in [4.69, 9.17) is 0 Å². The number of alkyl halides is 3. The second-order valence-electron chi connectivity index (χ2n) is 4.98. The topological polar surface area (TPSA) is 3.24 Å². The van der Waals surface area contributed by atoms with Crippen molar-refractivity contribution in [3.05, 3.63) is 11.8 Å². The highest BCUT2D eigenvalue weighted by Gasteiger charge is 2.37. The van der Waals surface area contributed by atoms with Crippen molar-refractivity contribution in [3.8, 4) is 0 Å². The monoisotopic (exact) mass is 263 g/mol. The first-order valence-corrected chi connectivity index (χ1v) is 7.08. The van der Waals surface area contributed by atoms with Crippen LogP contribution in [0.3, 0.4) is 0 Å². The fourth-order valence-electron chi connectivity index (χ4n) is 2.37. The van der Waals surface area contributed by atoms with Gasteiger partial charge in [0.25, 0.3) is 0 Å². The third kappa shape index (κ3) is 5.32. The van der Waals surface area contributed by atoms with E-state index in [2.05, 4.69) is 6.92 Å². The van der Waals surface area contributed by atoms with Crippen molar-refractivity contribution in [1.29, 1.82) is 0 Å². The van der Waals surface area contributed by atoms with Crippen molar-refractivity contribution in [2.24, 2.45) is 0 Å². The van der Waals surface area contributed by atoms with Gasteiger partial charge in [-0.1, -0.05) is 32.3 Å². The summed E-state index contributed by atoms with van der Waals surface area (Å²) >= 11 is 0. The van der Waals surface area contributed by atoms with Gasteiger partial charge in [-0.2, -0.15) is 13.2 Å². The Bertz CT molecular complexity index is 252. The lowest BCUT2D eigenvalue weighted by molar-refractivity contribution is -0.113. The Kier molecular flexibility index (Phi) is 6.58. The molecule has 1 saturated heterocycles. The molecule has 1 rings (SSSR count). The van der Waals surface area contributed by atoms with Crippen molar-refractivity contribution < 1.29 is 13.2 Å². The molecule has 1 nitrogen and oxygen atoms in total. The van der Waals surface area contributed by atoms with Gasteiger partial charge in [0.05, 0.1) is 0 Å². The first-order chi connectivity index (χ1) is 8.55. The van der Waals surface area contributed by atoms with E-state index in [1.165, 1.54) is 11.0 Å². The summed E-state index contributed by atoms with van der Waals surface area (Å²) < 4.78 is 38.9. The molecule has 0 aromatic heterocycles. The van der Waals surface area contributed by atoms with E-state index >= 15 is 0 Å². The van der Waals surface area contributed by atoms with Crippen LogP contribution in [0.2, 0.25) is 0 Å². The van der Waals surface area contributed by atoms with Gasteiger partial charge in [0.1, 0.15) is 5.70 Å². The molecular formula is C14H24F3N. The maximum Gasteiger partial charge on any atom is 0.430 e. The van der Waals surface area contributed by atoms with Crippen LogP contribution in [0.15, 0.2) is 11.8 Å². The molecule has 0 aliphatic carbocycles. The van der Waals surface area contributed by atoms with Crippen molar-refractivity contribution in [2.75, 3.05) is 13.1 Å². The quantitative estimate of drug-likeness (QED) is 0.617. The molecule has 0 aromatic rings. The highest BCUT2D eigenvalue weighted by molar-refractivity contribution is 5.08. The Morgan fingerprint density at radius 2 is 1.72 bits per heavy atom. The van der Waals surface area contributed by atoms with E-state index in [0.29, 0.717) is 19.5 Å². The molecule has 0 unspecified atom stereocenters. The molecule has 1 heterocycles. The first-order valence-electron chi connectivity index (χ1n) is 7.08. The van der Waals surface area contributed by atoms with Crippen molar-refractivity contribution in [2.45, 2.75) is 64.5 Å². The Morgan fingerprint density at radius 1 is 1.06 bits per heavy atom. The standard InChI is InChI=1S/C14H24F3N/c1-2-3-4-5-7-10-13(14(15,16)17)18-11-8-6-9-12-18/h10H,2-9,11-12H2,1H3/b13-10+. The van der Waals surface area contributed by atoms with Crippen LogP contribution < -0.4 is 0 Å². The van der Waals surface area contributed by atoms with Crippen LogP contribution in [-0.4, -0.2) is 24.2 Å². The number of piperidine rings is 1. The molecule has 0 N–H and O–H groups in total. The van der Waals surface area contributed by atoms with Gasteiger partial charge in [0.2, 0.25) is 0 Å². The number of nitrogens with zero attached hydrogens (tertiary/aromatic N) is 1. The molecule has 0 amide bonds. The summed E-state index contributed by atoms with van der Waals surface area (Å²) in [7, 11) is 0. The van der Waals surface area contributed by atoms with E-state index in [0.717, 1.165) is 44.9 Å². The van der Waals surface area contributed by atoms with E-state index in [1.54, 1.807) is 0 Å². The molecule has 0 saturated carbocycles. The van der Waals surface area contributed by atoms with Crippen molar-refractivity contribution >= 4 is 0 Å². The SMILES string of the molecule is CCCCCC/C=C(/N1CCCCC1)C(F)(F)F. The number of hydrogen-bond donors (Lipinski definition) is 0. The molecule has 1 aliphatic rings. The van der Waals surface area contributed by atoms with Crippen LogP contribution in [0, 0.1) is 0 Å². The Balaban J connectivity index is 2.51. The smallest absolute Gasteiger partial charge is 0.368 e. The van der Waals surface area contributed by atoms with Crippen LogP contribution in [-0.2, 0) is 0 Å². The second kappa shape index (κ2) is 7.70. The summed E-state index contributed by atoms with van der Waals surface area (Å²) in [5.41, 5.74) is -0.404. The Hall–Kier alpha value is -0.670. The summed E-state index contributed by atoms with van der Waals surface area (Å²) in [6.07, 6.45) is 4.68. The predicted molar refractivity (Wildman–Crippen MR) is 68.3 cm³/mol. The van der Waals surface area contributed by atoms with Gasteiger partial charge in [-0.3, -0.25) is 0 Å². The summed E-state index contributed by atoms with van der Waals surface area (Å²) in [5, 5.41) is 0. The molecular weight excluding hydrogens is 239 g/mol. The molecule has 0 spiro atoms. The minimum absolute atomic E-state index is 0.404. The van der Waals surface area contributed by atoms with Crippen molar-refractivity contribution in [1.82, 2.24) is 4.90 Å². The van der Waals surface area contributed by atoms with Gasteiger partial charge in [-0.15, -0.1) is 0 Å². The van der Waals surface area contributed by atoms with E-state index in [-0.39, 0.29) is 0 Å². The van der Waals surface area contributed by atoms with Crippen LogP contribution in [0.25, 0.3) is 0 Å². The fraction of sp³-hybridized carbons (Fsp3) is 0.857. The summed E-state index contributed by atoms with van der Waals surface area (Å²) in [6, 6.07) is 0. The lowest BCUT2D eigenvalue weighted by atomic mass is 10.1. The Morgan fingerprint density at radius 3 is 2.28 bits per heavy atom. The molecule has 0 radical (unpaired) electrons. The van der Waals surface area contributed by atoms with Gasteiger partial charge < -0.3 is 4.90 Å². The van der Waals surface area contributed by atoms with Crippen LogP contribution in [0.1, 0.15) is 58.3 Å². The lowest BCUT2D eigenvalue weighted by Crippen LogP contribution is -2.35. The number of likely N-dealkylation sites (tertiary alicyclic amines) is 1. The first kappa shape index (κ1) is 15.4. The fourth-order valence-corrected chi connectivity index (χ4v) is 2.37. The minimum atomic E-state index is -4.19. The van der Waals surface area contributed by atoms with Crippen molar-refractivity contribution in [3.63, 3.8) is 0 Å².